The van der Waals surface area contributed by atoms with Gasteiger partial charge in [-0.05, 0) is 88.7 Å². The van der Waals surface area contributed by atoms with Crippen molar-refractivity contribution in [2.45, 2.75) is 19.8 Å². The molecule has 0 radical (unpaired) electrons. The van der Waals surface area contributed by atoms with Crippen LogP contribution in [0.3, 0.4) is 0 Å². The number of carbonyl (C=O) groups is 2. The molecule has 0 aromatic heterocycles. The van der Waals surface area contributed by atoms with E-state index in [9.17, 15) is 9.59 Å². The summed E-state index contributed by atoms with van der Waals surface area (Å²) in [6.45, 7) is 2.38. The highest BCUT2D eigenvalue weighted by Gasteiger charge is 2.35. The zero-order valence-electron chi connectivity index (χ0n) is 17.1. The number of rotatable bonds is 5. The second-order valence-electron chi connectivity index (χ2n) is 7.43. The van der Waals surface area contributed by atoms with Gasteiger partial charge in [-0.2, -0.15) is 10.1 Å². The Morgan fingerprint density at radius 3 is 2.26 bits per heavy atom. The number of carbonyl (C=O) groups excluding carboxylic acids is 2. The van der Waals surface area contributed by atoms with E-state index < -0.39 is 11.8 Å². The van der Waals surface area contributed by atoms with Gasteiger partial charge in [0, 0.05) is 5.39 Å². The fourth-order valence-electron chi connectivity index (χ4n) is 4.36. The number of benzene rings is 3. The number of imide groups is 1. The van der Waals surface area contributed by atoms with Crippen LogP contribution in [0.1, 0.15) is 44.3 Å². The van der Waals surface area contributed by atoms with Crippen molar-refractivity contribution in [3.05, 3.63) is 67.8 Å². The fraction of sp³-hybridized carbons (Fsp3) is 0.208. The maximum atomic E-state index is 13.2. The molecule has 3 aromatic carbocycles. The summed E-state index contributed by atoms with van der Waals surface area (Å²) < 4.78 is 11.9. The highest BCUT2D eigenvalue weighted by atomic mass is 127. The molecule has 6 nitrogen and oxygen atoms in total. The molecule has 1 aliphatic heterocycles. The first-order chi connectivity index (χ1) is 15.0. The minimum absolute atomic E-state index is 0.405. The minimum Gasteiger partial charge on any atom is -0.492 e. The molecular formula is C24H19IN2O4. The second kappa shape index (κ2) is 7.64. The van der Waals surface area contributed by atoms with Gasteiger partial charge in [0.15, 0.2) is 11.5 Å². The molecule has 2 amide bonds. The van der Waals surface area contributed by atoms with Crippen molar-refractivity contribution in [3.63, 3.8) is 0 Å². The monoisotopic (exact) mass is 526 g/mol. The third-order valence-electron chi connectivity index (χ3n) is 5.70. The predicted molar refractivity (Wildman–Crippen MR) is 126 cm³/mol. The van der Waals surface area contributed by atoms with E-state index in [1.54, 1.807) is 13.2 Å². The van der Waals surface area contributed by atoms with Gasteiger partial charge in [0.2, 0.25) is 0 Å². The highest BCUT2D eigenvalue weighted by Crippen LogP contribution is 2.38. The van der Waals surface area contributed by atoms with Crippen molar-refractivity contribution >= 4 is 51.4 Å². The zero-order chi connectivity index (χ0) is 21.7. The molecule has 0 N–H and O–H groups in total. The standard InChI is InChI=1S/C24H19IN2O4/c1-3-31-19-11-13(10-18(25)22(19)30-2)12-26-27-23(28)16-8-6-14-4-5-15-7-9-17(24(27)29)21(16)20(14)15/h6-12H,3-5H2,1-2H3. The molecule has 7 heteroatoms. The van der Waals surface area contributed by atoms with Crippen LogP contribution in [0.25, 0.3) is 10.8 Å². The van der Waals surface area contributed by atoms with Gasteiger partial charge in [0.1, 0.15) is 0 Å². The number of amides is 2. The molecule has 1 aliphatic carbocycles. The number of nitrogens with zero attached hydrogens (tertiary/aromatic N) is 2. The van der Waals surface area contributed by atoms with E-state index in [0.717, 1.165) is 32.2 Å². The molecule has 0 unspecified atom stereocenters. The van der Waals surface area contributed by atoms with Crippen LogP contribution in [0.4, 0.5) is 0 Å². The van der Waals surface area contributed by atoms with Crippen molar-refractivity contribution in [2.75, 3.05) is 13.7 Å². The SMILES string of the molecule is CCOc1cc(C=NN2C(=O)c3ccc4c5c(ccc(c35)C2=O)CC4)cc(I)c1OC. The summed E-state index contributed by atoms with van der Waals surface area (Å²) in [6, 6.07) is 11.3. The molecule has 2 aliphatic rings. The van der Waals surface area contributed by atoms with Crippen LogP contribution in [0.5, 0.6) is 11.5 Å². The Labute approximate surface area is 193 Å². The van der Waals surface area contributed by atoms with Crippen molar-refractivity contribution in [3.8, 4) is 11.5 Å². The largest absolute Gasteiger partial charge is 0.492 e. The Bertz CT molecular complexity index is 1240. The lowest BCUT2D eigenvalue weighted by Gasteiger charge is -2.23. The van der Waals surface area contributed by atoms with Crippen LogP contribution >= 0.6 is 22.6 Å². The first-order valence-electron chi connectivity index (χ1n) is 10.0. The summed E-state index contributed by atoms with van der Waals surface area (Å²) in [4.78, 5) is 26.3. The first kappa shape index (κ1) is 20.0. The molecule has 156 valence electrons. The Kier molecular flexibility index (Phi) is 4.92. The molecule has 0 fully saturated rings. The Morgan fingerprint density at radius 1 is 1.03 bits per heavy atom. The van der Waals surface area contributed by atoms with Gasteiger partial charge in [-0.1, -0.05) is 12.1 Å². The Hall–Kier alpha value is -2.94. The quantitative estimate of drug-likeness (QED) is 0.278. The molecule has 0 saturated carbocycles. The average molecular weight is 526 g/mol. The molecule has 0 bridgehead atoms. The normalized spacial score (nSPS) is 14.7. The van der Waals surface area contributed by atoms with Crippen molar-refractivity contribution in [1.82, 2.24) is 5.01 Å². The van der Waals surface area contributed by atoms with Gasteiger partial charge in [0.25, 0.3) is 11.8 Å². The first-order valence-corrected chi connectivity index (χ1v) is 11.1. The number of hydrazone groups is 1. The van der Waals surface area contributed by atoms with E-state index >= 15 is 0 Å². The van der Waals surface area contributed by atoms with Crippen LogP contribution in [-0.4, -0.2) is 36.8 Å². The van der Waals surface area contributed by atoms with Crippen molar-refractivity contribution < 1.29 is 19.1 Å². The number of methoxy groups -OCH3 is 1. The summed E-state index contributed by atoms with van der Waals surface area (Å²) in [5.74, 6) is 0.417. The fourth-order valence-corrected chi connectivity index (χ4v) is 5.20. The second-order valence-corrected chi connectivity index (χ2v) is 8.59. The molecule has 0 saturated heterocycles. The number of hydrogen-bond donors (Lipinski definition) is 0. The van der Waals surface area contributed by atoms with Gasteiger partial charge in [-0.25, -0.2) is 0 Å². The van der Waals surface area contributed by atoms with Crippen molar-refractivity contribution in [1.29, 1.82) is 0 Å². The van der Waals surface area contributed by atoms with Crippen LogP contribution < -0.4 is 9.47 Å². The Morgan fingerprint density at radius 2 is 1.68 bits per heavy atom. The van der Waals surface area contributed by atoms with E-state index in [4.69, 9.17) is 9.47 Å². The molecule has 0 spiro atoms. The van der Waals surface area contributed by atoms with E-state index in [1.165, 1.54) is 17.3 Å². The van der Waals surface area contributed by atoms with Crippen LogP contribution in [0.2, 0.25) is 0 Å². The van der Waals surface area contributed by atoms with Crippen molar-refractivity contribution in [2.24, 2.45) is 5.10 Å². The van der Waals surface area contributed by atoms with Crippen LogP contribution in [0, 0.1) is 3.57 Å². The third kappa shape index (κ3) is 3.10. The van der Waals surface area contributed by atoms with E-state index in [0.29, 0.717) is 34.8 Å². The average Bonchev–Trinajstić information content (AvgIpc) is 3.18. The van der Waals surface area contributed by atoms with Crippen LogP contribution in [0.15, 0.2) is 41.5 Å². The Balaban J connectivity index is 1.55. The number of halogens is 1. The summed E-state index contributed by atoms with van der Waals surface area (Å²) in [7, 11) is 1.59. The van der Waals surface area contributed by atoms with E-state index in [1.807, 2.05) is 37.3 Å². The smallest absolute Gasteiger partial charge is 0.282 e. The topological polar surface area (TPSA) is 68.2 Å². The predicted octanol–water partition coefficient (Wildman–Crippen LogP) is 4.58. The number of ether oxygens (including phenoxy) is 2. The molecule has 3 aromatic rings. The van der Waals surface area contributed by atoms with Gasteiger partial charge >= 0.3 is 0 Å². The zero-order valence-corrected chi connectivity index (χ0v) is 19.2. The van der Waals surface area contributed by atoms with Crippen LogP contribution in [-0.2, 0) is 12.8 Å². The summed E-state index contributed by atoms with van der Waals surface area (Å²) in [5, 5.41) is 7.05. The molecule has 1 heterocycles. The van der Waals surface area contributed by atoms with Gasteiger partial charge in [-0.3, -0.25) is 9.59 Å². The van der Waals surface area contributed by atoms with E-state index in [2.05, 4.69) is 27.7 Å². The molecule has 0 atom stereocenters. The van der Waals surface area contributed by atoms with Gasteiger partial charge in [-0.15, -0.1) is 0 Å². The number of aryl methyl sites for hydroxylation is 2. The summed E-state index contributed by atoms with van der Waals surface area (Å²) in [5.41, 5.74) is 4.14. The number of hydrogen-bond acceptors (Lipinski definition) is 5. The molecule has 31 heavy (non-hydrogen) atoms. The maximum absolute atomic E-state index is 13.2. The minimum atomic E-state index is -0.405. The lowest BCUT2D eigenvalue weighted by Crippen LogP contribution is -2.36. The molecule has 5 rings (SSSR count). The van der Waals surface area contributed by atoms with Gasteiger partial charge < -0.3 is 9.47 Å². The third-order valence-corrected chi connectivity index (χ3v) is 6.50. The highest BCUT2D eigenvalue weighted by molar-refractivity contribution is 14.1. The molecular weight excluding hydrogens is 507 g/mol. The summed E-state index contributed by atoms with van der Waals surface area (Å²) >= 11 is 2.16. The van der Waals surface area contributed by atoms with E-state index in [-0.39, 0.29) is 0 Å². The summed E-state index contributed by atoms with van der Waals surface area (Å²) in [6.07, 6.45) is 3.39. The lowest BCUT2D eigenvalue weighted by molar-refractivity contribution is 0.0616. The van der Waals surface area contributed by atoms with Gasteiger partial charge in [0.05, 0.1) is 34.6 Å². The maximum Gasteiger partial charge on any atom is 0.282 e. The lowest BCUT2D eigenvalue weighted by atomic mass is 9.92.